The SMILES string of the molecule is Cn1c(CCN)nnc1SCc1ccc(C(F)(F)F)c(F)c1. The van der Waals surface area contributed by atoms with Crippen molar-refractivity contribution in [2.45, 2.75) is 23.5 Å². The van der Waals surface area contributed by atoms with Crippen LogP contribution >= 0.6 is 11.8 Å². The van der Waals surface area contributed by atoms with Crippen molar-refractivity contribution < 1.29 is 17.6 Å². The topological polar surface area (TPSA) is 56.7 Å². The van der Waals surface area contributed by atoms with Crippen LogP contribution in [0, 0.1) is 5.82 Å². The van der Waals surface area contributed by atoms with E-state index in [1.54, 1.807) is 11.6 Å². The number of thioether (sulfide) groups is 1. The molecule has 1 aromatic heterocycles. The van der Waals surface area contributed by atoms with E-state index in [9.17, 15) is 17.6 Å². The Labute approximate surface area is 128 Å². The van der Waals surface area contributed by atoms with Crippen LogP contribution in [0.15, 0.2) is 23.4 Å². The third-order valence-electron chi connectivity index (χ3n) is 3.00. The zero-order chi connectivity index (χ0) is 16.3. The van der Waals surface area contributed by atoms with Gasteiger partial charge >= 0.3 is 6.18 Å². The Hall–Kier alpha value is -1.61. The molecular formula is C13H14F4N4S. The summed E-state index contributed by atoms with van der Waals surface area (Å²) < 4.78 is 52.7. The summed E-state index contributed by atoms with van der Waals surface area (Å²) in [5.41, 5.74) is 4.63. The van der Waals surface area contributed by atoms with E-state index in [0.717, 1.165) is 18.0 Å². The van der Waals surface area contributed by atoms with E-state index in [1.807, 2.05) is 0 Å². The number of hydrogen-bond acceptors (Lipinski definition) is 4. The zero-order valence-electron chi connectivity index (χ0n) is 11.7. The van der Waals surface area contributed by atoms with Gasteiger partial charge in [-0.2, -0.15) is 13.2 Å². The van der Waals surface area contributed by atoms with Gasteiger partial charge in [-0.15, -0.1) is 10.2 Å². The lowest BCUT2D eigenvalue weighted by Crippen LogP contribution is -2.08. The van der Waals surface area contributed by atoms with Gasteiger partial charge in [0.25, 0.3) is 0 Å². The molecule has 2 aromatic rings. The van der Waals surface area contributed by atoms with Crippen molar-refractivity contribution in [1.29, 1.82) is 0 Å². The summed E-state index contributed by atoms with van der Waals surface area (Å²) in [5, 5.41) is 8.55. The largest absolute Gasteiger partial charge is 0.419 e. The van der Waals surface area contributed by atoms with Crippen LogP contribution < -0.4 is 5.73 Å². The van der Waals surface area contributed by atoms with Gasteiger partial charge in [0.15, 0.2) is 5.16 Å². The maximum absolute atomic E-state index is 13.5. The lowest BCUT2D eigenvalue weighted by molar-refractivity contribution is -0.140. The molecule has 4 nitrogen and oxygen atoms in total. The molecule has 0 bridgehead atoms. The first-order valence-corrected chi connectivity index (χ1v) is 7.38. The van der Waals surface area contributed by atoms with Crippen molar-refractivity contribution in [3.05, 3.63) is 41.0 Å². The van der Waals surface area contributed by atoms with E-state index in [4.69, 9.17) is 5.73 Å². The van der Waals surface area contributed by atoms with Crippen LogP contribution in [-0.2, 0) is 25.4 Å². The van der Waals surface area contributed by atoms with Crippen LogP contribution in [0.3, 0.4) is 0 Å². The van der Waals surface area contributed by atoms with E-state index in [0.29, 0.717) is 29.4 Å². The van der Waals surface area contributed by atoms with Crippen molar-refractivity contribution in [2.24, 2.45) is 12.8 Å². The molecule has 0 unspecified atom stereocenters. The van der Waals surface area contributed by atoms with Crippen molar-refractivity contribution in [3.8, 4) is 0 Å². The molecule has 9 heteroatoms. The van der Waals surface area contributed by atoms with Gasteiger partial charge in [0, 0.05) is 19.2 Å². The molecule has 120 valence electrons. The number of alkyl halides is 3. The van der Waals surface area contributed by atoms with E-state index in [-0.39, 0.29) is 0 Å². The van der Waals surface area contributed by atoms with Crippen molar-refractivity contribution >= 4 is 11.8 Å². The monoisotopic (exact) mass is 334 g/mol. The van der Waals surface area contributed by atoms with Crippen LogP contribution in [0.25, 0.3) is 0 Å². The molecule has 2 rings (SSSR count). The summed E-state index contributed by atoms with van der Waals surface area (Å²) in [6.45, 7) is 0.445. The Bertz CT molecular complexity index is 654. The van der Waals surface area contributed by atoms with Gasteiger partial charge in [0.2, 0.25) is 0 Å². The Morgan fingerprint density at radius 2 is 2.00 bits per heavy atom. The summed E-state index contributed by atoms with van der Waals surface area (Å²) in [7, 11) is 1.78. The van der Waals surface area contributed by atoms with Crippen molar-refractivity contribution in [2.75, 3.05) is 6.54 Å². The average Bonchev–Trinajstić information content (AvgIpc) is 2.77. The predicted octanol–water partition coefficient (Wildman–Crippen LogP) is 2.77. The summed E-state index contributed by atoms with van der Waals surface area (Å²) in [4.78, 5) is 0. The fraction of sp³-hybridized carbons (Fsp3) is 0.385. The zero-order valence-corrected chi connectivity index (χ0v) is 12.5. The molecule has 2 N–H and O–H groups in total. The number of hydrogen-bond donors (Lipinski definition) is 1. The van der Waals surface area contributed by atoms with Gasteiger partial charge < -0.3 is 10.3 Å². The second kappa shape index (κ2) is 6.66. The number of nitrogens with zero attached hydrogens (tertiary/aromatic N) is 3. The minimum Gasteiger partial charge on any atom is -0.330 e. The fourth-order valence-corrected chi connectivity index (χ4v) is 2.72. The van der Waals surface area contributed by atoms with Crippen LogP contribution in [0.4, 0.5) is 17.6 Å². The molecule has 0 radical (unpaired) electrons. The van der Waals surface area contributed by atoms with Gasteiger partial charge in [0.05, 0.1) is 5.56 Å². The minimum absolute atomic E-state index is 0.295. The predicted molar refractivity (Wildman–Crippen MR) is 74.7 cm³/mol. The molecule has 1 aromatic carbocycles. The lowest BCUT2D eigenvalue weighted by Gasteiger charge is -2.09. The van der Waals surface area contributed by atoms with Crippen molar-refractivity contribution in [1.82, 2.24) is 14.8 Å². The van der Waals surface area contributed by atoms with Crippen LogP contribution in [0.5, 0.6) is 0 Å². The third kappa shape index (κ3) is 3.77. The molecule has 0 aliphatic rings. The van der Waals surface area contributed by atoms with Gasteiger partial charge in [-0.05, 0) is 24.2 Å². The number of halogens is 4. The summed E-state index contributed by atoms with van der Waals surface area (Å²) >= 11 is 1.27. The van der Waals surface area contributed by atoms with Gasteiger partial charge in [-0.1, -0.05) is 17.8 Å². The van der Waals surface area contributed by atoms with Gasteiger partial charge in [0.1, 0.15) is 11.6 Å². The first-order valence-electron chi connectivity index (χ1n) is 6.39. The van der Waals surface area contributed by atoms with E-state index in [1.165, 1.54) is 17.8 Å². The lowest BCUT2D eigenvalue weighted by atomic mass is 10.1. The number of benzene rings is 1. The van der Waals surface area contributed by atoms with Crippen molar-refractivity contribution in [3.63, 3.8) is 0 Å². The summed E-state index contributed by atoms with van der Waals surface area (Å²) in [5.74, 6) is -0.250. The minimum atomic E-state index is -4.68. The highest BCUT2D eigenvalue weighted by Crippen LogP contribution is 2.32. The normalized spacial score (nSPS) is 11.9. The fourth-order valence-electron chi connectivity index (χ4n) is 1.84. The second-order valence-corrected chi connectivity index (χ2v) is 5.54. The van der Waals surface area contributed by atoms with Crippen LogP contribution in [-0.4, -0.2) is 21.3 Å². The number of nitrogens with two attached hydrogens (primary N) is 1. The third-order valence-corrected chi connectivity index (χ3v) is 4.09. The maximum Gasteiger partial charge on any atom is 0.419 e. The number of rotatable bonds is 5. The highest BCUT2D eigenvalue weighted by molar-refractivity contribution is 7.98. The van der Waals surface area contributed by atoms with Gasteiger partial charge in [-0.25, -0.2) is 4.39 Å². The first-order chi connectivity index (χ1) is 10.3. The summed E-state index contributed by atoms with van der Waals surface area (Å²) in [6, 6.07) is 2.91. The quantitative estimate of drug-likeness (QED) is 0.675. The van der Waals surface area contributed by atoms with Crippen LogP contribution in [0.2, 0.25) is 0 Å². The molecule has 0 atom stereocenters. The summed E-state index contributed by atoms with van der Waals surface area (Å²) in [6.07, 6.45) is -4.10. The molecule has 0 fully saturated rings. The van der Waals surface area contributed by atoms with Gasteiger partial charge in [-0.3, -0.25) is 0 Å². The molecular weight excluding hydrogens is 320 g/mol. The Kier molecular flexibility index (Phi) is 5.07. The molecule has 0 saturated heterocycles. The standard InChI is InChI=1S/C13H14F4N4S/c1-21-11(4-5-18)19-20-12(21)22-7-8-2-3-9(10(14)6-8)13(15,16)17/h2-3,6H,4-5,7,18H2,1H3. The number of aromatic nitrogens is 3. The van der Waals surface area contributed by atoms with Crippen LogP contribution in [0.1, 0.15) is 17.0 Å². The van der Waals surface area contributed by atoms with E-state index in [2.05, 4.69) is 10.2 Å². The molecule has 22 heavy (non-hydrogen) atoms. The maximum atomic E-state index is 13.5. The molecule has 0 spiro atoms. The Balaban J connectivity index is 2.08. The Morgan fingerprint density at radius 1 is 1.27 bits per heavy atom. The average molecular weight is 334 g/mol. The molecule has 0 saturated carbocycles. The van der Waals surface area contributed by atoms with E-state index < -0.39 is 17.6 Å². The smallest absolute Gasteiger partial charge is 0.330 e. The van der Waals surface area contributed by atoms with E-state index >= 15 is 0 Å². The molecule has 0 aliphatic carbocycles. The highest BCUT2D eigenvalue weighted by Gasteiger charge is 2.33. The first kappa shape index (κ1) is 16.8. The Morgan fingerprint density at radius 3 is 2.59 bits per heavy atom. The second-order valence-electron chi connectivity index (χ2n) is 4.60. The highest BCUT2D eigenvalue weighted by atomic mass is 32.2. The molecule has 0 aliphatic heterocycles. The molecule has 1 heterocycles. The molecule has 0 amide bonds.